The zero-order valence-corrected chi connectivity index (χ0v) is 28.1. The van der Waals surface area contributed by atoms with Gasteiger partial charge in [0.25, 0.3) is 0 Å². The van der Waals surface area contributed by atoms with E-state index in [1.807, 2.05) is 0 Å². The first-order chi connectivity index (χ1) is 15.7. The van der Waals surface area contributed by atoms with E-state index in [1.54, 1.807) is 0 Å². The van der Waals surface area contributed by atoms with E-state index in [-0.39, 0.29) is 29.5 Å². The summed E-state index contributed by atoms with van der Waals surface area (Å²) in [6.45, 7) is 36.7. The largest absolute Gasteiger partial charge is 0.246 e. The van der Waals surface area contributed by atoms with Gasteiger partial charge >= 0.3 is 0 Å². The molecule has 2 nitrogen and oxygen atoms in total. The van der Waals surface area contributed by atoms with Crippen molar-refractivity contribution in [2.75, 3.05) is 6.16 Å². The molecule has 0 bridgehead atoms. The van der Waals surface area contributed by atoms with E-state index in [0.29, 0.717) is 5.16 Å². The number of benzene rings is 1. The van der Waals surface area contributed by atoms with Crippen molar-refractivity contribution in [1.82, 2.24) is 4.44 Å². The van der Waals surface area contributed by atoms with Crippen LogP contribution in [0.2, 0.25) is 0 Å². The average molecular weight is 521 g/mol. The van der Waals surface area contributed by atoms with E-state index in [1.165, 1.54) is 47.8 Å². The SMILES string of the molecule is CCC(CC)(CC)[P@@]1N(C(C)(C)C)[P@@]1(CC)=Nc1c(C(C)(C)C)cc(C(C)(C)C)cc1C(C)(C)C. The third-order valence-corrected chi connectivity index (χ3v) is 19.8. The van der Waals surface area contributed by atoms with Crippen LogP contribution in [0.25, 0.3) is 0 Å². The van der Waals surface area contributed by atoms with Gasteiger partial charge in [0, 0.05) is 18.5 Å². The summed E-state index contributed by atoms with van der Waals surface area (Å²) in [5.41, 5.74) is 5.99. The Labute approximate surface area is 221 Å². The number of hydrogen-bond acceptors (Lipinski definition) is 1. The van der Waals surface area contributed by atoms with Gasteiger partial charge in [-0.15, -0.1) is 0 Å². The van der Waals surface area contributed by atoms with Gasteiger partial charge in [0.1, 0.15) is 0 Å². The molecule has 1 fully saturated rings. The summed E-state index contributed by atoms with van der Waals surface area (Å²) in [6, 6.07) is 5.00. The van der Waals surface area contributed by atoms with Gasteiger partial charge in [-0.25, -0.2) is 9.19 Å². The molecule has 3 atom stereocenters. The molecule has 0 amide bonds. The van der Waals surface area contributed by atoms with Gasteiger partial charge < -0.3 is 0 Å². The normalized spacial score (nSPS) is 24.0. The Bertz CT molecular complexity index is 914. The molecule has 1 aliphatic heterocycles. The summed E-state index contributed by atoms with van der Waals surface area (Å²) in [7, 11) is -0.270. The first-order valence-corrected chi connectivity index (χ1v) is 18.0. The number of rotatable bonds is 6. The number of hydrogen-bond donors (Lipinski definition) is 0. The summed E-state index contributed by atoms with van der Waals surface area (Å²) < 4.78 is 9.03. The Morgan fingerprint density at radius 1 is 0.686 bits per heavy atom. The lowest BCUT2D eigenvalue weighted by Gasteiger charge is -2.33. The molecule has 4 heteroatoms. The van der Waals surface area contributed by atoms with Crippen molar-refractivity contribution in [2.24, 2.45) is 4.74 Å². The second-order valence-electron chi connectivity index (χ2n) is 14.8. The van der Waals surface area contributed by atoms with Crippen LogP contribution in [-0.4, -0.2) is 21.3 Å². The van der Waals surface area contributed by atoms with Gasteiger partial charge in [-0.3, -0.25) is 0 Å². The molecule has 1 heterocycles. The maximum absolute atomic E-state index is 6.08. The van der Waals surface area contributed by atoms with Crippen LogP contribution >= 0.6 is 14.7 Å². The van der Waals surface area contributed by atoms with Gasteiger partial charge in [-0.1, -0.05) is 102 Å². The molecule has 1 unspecified atom stereocenters. The van der Waals surface area contributed by atoms with Crippen molar-refractivity contribution >= 4 is 20.3 Å². The van der Waals surface area contributed by atoms with Crippen LogP contribution in [0.15, 0.2) is 16.9 Å². The summed E-state index contributed by atoms with van der Waals surface area (Å²) in [5.74, 6) is 0. The van der Waals surface area contributed by atoms with Crippen LogP contribution in [-0.2, 0) is 16.2 Å². The average Bonchev–Trinajstić information content (AvgIpc) is 3.37. The van der Waals surface area contributed by atoms with Crippen LogP contribution < -0.4 is 0 Å². The lowest BCUT2D eigenvalue weighted by atomic mass is 9.74. The molecule has 0 N–H and O–H groups in total. The standard InChI is InChI=1S/C31H58N2P2/c1-17-31(18-2,19-3)34-33(30(14,15)16)35(34,20-4)32-26-24(28(8,9)10)21-23(27(5,6)7)22-25(26)29(11,12)13/h21-22H,17-20H2,1-16H3/t33?,34-,35+/m0/s1. The Morgan fingerprint density at radius 3 is 1.34 bits per heavy atom. The second kappa shape index (κ2) is 9.86. The maximum Gasteiger partial charge on any atom is 0.0789 e. The van der Waals surface area contributed by atoms with Crippen LogP contribution in [0.3, 0.4) is 0 Å². The van der Waals surface area contributed by atoms with Crippen molar-refractivity contribution in [3.8, 4) is 0 Å². The van der Waals surface area contributed by atoms with Gasteiger partial charge in [0.05, 0.1) is 12.6 Å². The van der Waals surface area contributed by atoms with Crippen LogP contribution in [0, 0.1) is 0 Å². The minimum atomic E-state index is -1.63. The predicted octanol–water partition coefficient (Wildman–Crippen LogP) is 11.7. The fourth-order valence-corrected chi connectivity index (χ4v) is 20.6. The molecule has 2 rings (SSSR count). The van der Waals surface area contributed by atoms with E-state index in [0.717, 1.165) is 0 Å². The maximum atomic E-state index is 6.08. The Hall–Kier alpha value is -0.160. The summed E-state index contributed by atoms with van der Waals surface area (Å²) >= 11 is 0. The summed E-state index contributed by atoms with van der Waals surface area (Å²) in [5, 5.41) is 0.408. The van der Waals surface area contributed by atoms with Crippen LogP contribution in [0.4, 0.5) is 5.69 Å². The topological polar surface area (TPSA) is 15.4 Å². The predicted molar refractivity (Wildman–Crippen MR) is 164 cm³/mol. The van der Waals surface area contributed by atoms with Gasteiger partial charge in [0.2, 0.25) is 0 Å². The third-order valence-electron chi connectivity index (χ3n) is 8.03. The Kier molecular flexibility index (Phi) is 8.75. The highest BCUT2D eigenvalue weighted by Crippen LogP contribution is 3.07. The minimum absolute atomic E-state index is 0.0422. The lowest BCUT2D eigenvalue weighted by molar-refractivity contribution is 0.401. The van der Waals surface area contributed by atoms with Crippen molar-refractivity contribution in [2.45, 2.75) is 157 Å². The second-order valence-corrected chi connectivity index (χ2v) is 22.7. The molecule has 0 aliphatic carbocycles. The molecule has 0 saturated carbocycles. The van der Waals surface area contributed by atoms with E-state index in [2.05, 4.69) is 127 Å². The quantitative estimate of drug-likeness (QED) is 0.269. The highest BCUT2D eigenvalue weighted by molar-refractivity contribution is 8.46. The zero-order chi connectivity index (χ0) is 27.4. The van der Waals surface area contributed by atoms with Crippen molar-refractivity contribution in [3.05, 3.63) is 28.8 Å². The summed E-state index contributed by atoms with van der Waals surface area (Å²) in [6.07, 6.45) is 4.97. The highest BCUT2D eigenvalue weighted by Gasteiger charge is 2.66. The molecule has 1 aromatic carbocycles. The van der Waals surface area contributed by atoms with Gasteiger partial charge in [-0.2, -0.15) is 0 Å². The van der Waals surface area contributed by atoms with E-state index in [9.17, 15) is 0 Å². The van der Waals surface area contributed by atoms with E-state index in [4.69, 9.17) is 4.74 Å². The fraction of sp³-hybridized carbons (Fsp3) is 0.806. The first kappa shape index (κ1) is 31.1. The van der Waals surface area contributed by atoms with Gasteiger partial charge in [0.15, 0.2) is 0 Å². The fourth-order valence-electron chi connectivity index (χ4n) is 5.59. The van der Waals surface area contributed by atoms with Crippen LogP contribution in [0.5, 0.6) is 0 Å². The first-order valence-electron chi connectivity index (χ1n) is 14.1. The monoisotopic (exact) mass is 520 g/mol. The zero-order valence-electron chi connectivity index (χ0n) is 26.3. The van der Waals surface area contributed by atoms with Gasteiger partial charge in [-0.05, 0) is 79.1 Å². The molecule has 0 radical (unpaired) electrons. The Morgan fingerprint density at radius 2 is 1.09 bits per heavy atom. The minimum Gasteiger partial charge on any atom is -0.246 e. The smallest absolute Gasteiger partial charge is 0.0789 e. The Balaban J connectivity index is 3.07. The molecule has 1 saturated heterocycles. The summed E-state index contributed by atoms with van der Waals surface area (Å²) in [4.78, 5) is 0. The van der Waals surface area contributed by atoms with E-state index < -0.39 is 6.89 Å². The molecule has 0 aromatic heterocycles. The lowest BCUT2D eigenvalue weighted by Crippen LogP contribution is -2.28. The van der Waals surface area contributed by atoms with Crippen molar-refractivity contribution < 1.29 is 0 Å². The van der Waals surface area contributed by atoms with Crippen molar-refractivity contribution in [3.63, 3.8) is 0 Å². The molecule has 0 spiro atoms. The molecule has 1 aliphatic rings. The third kappa shape index (κ3) is 5.81. The molecular weight excluding hydrogens is 462 g/mol. The highest BCUT2D eigenvalue weighted by atomic mass is 32.1. The molecular formula is C31H58N2P2. The van der Waals surface area contributed by atoms with E-state index >= 15 is 0 Å². The van der Waals surface area contributed by atoms with Crippen LogP contribution in [0.1, 0.15) is 147 Å². The molecule has 1 aromatic rings. The number of nitrogens with zero attached hydrogens (tertiary/aromatic N) is 2. The van der Waals surface area contributed by atoms with Crippen molar-refractivity contribution in [1.29, 1.82) is 0 Å². The molecule has 202 valence electrons. The molecule has 35 heavy (non-hydrogen) atoms.